The van der Waals surface area contributed by atoms with Gasteiger partial charge in [0.25, 0.3) is 0 Å². The highest BCUT2D eigenvalue weighted by Crippen LogP contribution is 2.37. The molecule has 0 aromatic heterocycles. The second-order valence-electron chi connectivity index (χ2n) is 4.43. The molecule has 0 bridgehead atoms. The Bertz CT molecular complexity index is 316. The second kappa shape index (κ2) is 4.67. The van der Waals surface area contributed by atoms with Crippen molar-refractivity contribution in [1.29, 1.82) is 0 Å². The normalized spacial score (nSPS) is 19.3. The lowest BCUT2D eigenvalue weighted by molar-refractivity contribution is 0.225. The molecular weight excluding hydrogens is 188 g/mol. The molecule has 2 heteroatoms. The minimum atomic E-state index is 0.189. The number of hydrogen-bond acceptors (Lipinski definition) is 2. The van der Waals surface area contributed by atoms with Gasteiger partial charge in [0.2, 0.25) is 0 Å². The fourth-order valence-corrected chi connectivity index (χ4v) is 2.64. The van der Waals surface area contributed by atoms with Gasteiger partial charge in [-0.1, -0.05) is 25.0 Å². The monoisotopic (exact) mass is 206 g/mol. The van der Waals surface area contributed by atoms with Crippen LogP contribution < -0.4 is 0 Å². The zero-order chi connectivity index (χ0) is 10.7. The van der Waals surface area contributed by atoms with Crippen LogP contribution in [0.15, 0.2) is 24.3 Å². The lowest BCUT2D eigenvalue weighted by atomic mass is 9.85. The van der Waals surface area contributed by atoms with E-state index in [1.807, 2.05) is 12.1 Å². The van der Waals surface area contributed by atoms with Crippen LogP contribution in [0.4, 0.5) is 0 Å². The first-order chi connectivity index (χ1) is 7.31. The van der Waals surface area contributed by atoms with Gasteiger partial charge in [-0.2, -0.15) is 0 Å². The number of phenols is 1. The smallest absolute Gasteiger partial charge is 0.115 e. The molecule has 0 aliphatic heterocycles. The minimum Gasteiger partial charge on any atom is -0.508 e. The summed E-state index contributed by atoms with van der Waals surface area (Å²) in [5.41, 5.74) is 1.07. The fraction of sp³-hybridized carbons (Fsp3) is 0.538. The van der Waals surface area contributed by atoms with Crippen LogP contribution in [-0.2, 0) is 0 Å². The Balaban J connectivity index is 2.18. The Morgan fingerprint density at radius 3 is 2.60 bits per heavy atom. The van der Waals surface area contributed by atoms with Gasteiger partial charge in [-0.15, -0.1) is 0 Å². The first kappa shape index (κ1) is 10.5. The number of phenolic OH excluding ortho intramolecular Hbond substituents is 1. The molecule has 1 saturated carbocycles. The third-order valence-electron chi connectivity index (χ3n) is 3.46. The standard InChI is InChI=1S/C13H18O2/c14-9-13(10-4-1-2-5-10)11-6-3-7-12(15)8-11/h3,6-8,10,13-15H,1-2,4-5,9H2. The maximum Gasteiger partial charge on any atom is 0.115 e. The molecule has 2 N–H and O–H groups in total. The van der Waals surface area contributed by atoms with Crippen LogP contribution in [0.5, 0.6) is 5.75 Å². The van der Waals surface area contributed by atoms with Gasteiger partial charge < -0.3 is 10.2 Å². The summed E-state index contributed by atoms with van der Waals surface area (Å²) < 4.78 is 0. The van der Waals surface area contributed by atoms with Gasteiger partial charge in [-0.3, -0.25) is 0 Å². The number of aliphatic hydroxyl groups is 1. The molecule has 1 aromatic carbocycles. The summed E-state index contributed by atoms with van der Waals surface area (Å²) >= 11 is 0. The van der Waals surface area contributed by atoms with Crippen LogP contribution in [0.2, 0.25) is 0 Å². The fourth-order valence-electron chi connectivity index (χ4n) is 2.64. The molecular formula is C13H18O2. The van der Waals surface area contributed by atoms with Crippen LogP contribution in [0, 0.1) is 5.92 Å². The Hall–Kier alpha value is -1.02. The molecule has 0 amide bonds. The van der Waals surface area contributed by atoms with Crippen LogP contribution >= 0.6 is 0 Å². The van der Waals surface area contributed by atoms with E-state index in [1.54, 1.807) is 12.1 Å². The third-order valence-corrected chi connectivity index (χ3v) is 3.46. The minimum absolute atomic E-state index is 0.189. The molecule has 82 valence electrons. The molecule has 0 saturated heterocycles. The predicted molar refractivity (Wildman–Crippen MR) is 59.9 cm³/mol. The van der Waals surface area contributed by atoms with Gasteiger partial charge in [0, 0.05) is 5.92 Å². The van der Waals surface area contributed by atoms with Crippen molar-refractivity contribution in [3.05, 3.63) is 29.8 Å². The highest BCUT2D eigenvalue weighted by Gasteiger charge is 2.25. The van der Waals surface area contributed by atoms with Crippen molar-refractivity contribution in [3.8, 4) is 5.75 Å². The summed E-state index contributed by atoms with van der Waals surface area (Å²) in [5, 5.41) is 18.9. The van der Waals surface area contributed by atoms with Crippen molar-refractivity contribution in [2.45, 2.75) is 31.6 Å². The van der Waals surface area contributed by atoms with Gasteiger partial charge in [-0.25, -0.2) is 0 Å². The van der Waals surface area contributed by atoms with E-state index in [-0.39, 0.29) is 12.5 Å². The van der Waals surface area contributed by atoms with E-state index in [0.29, 0.717) is 11.7 Å². The van der Waals surface area contributed by atoms with Gasteiger partial charge in [0.05, 0.1) is 6.61 Å². The van der Waals surface area contributed by atoms with Crippen molar-refractivity contribution in [3.63, 3.8) is 0 Å². The van der Waals surface area contributed by atoms with E-state index in [9.17, 15) is 10.2 Å². The molecule has 1 aliphatic carbocycles. The van der Waals surface area contributed by atoms with Crippen LogP contribution in [0.1, 0.15) is 37.2 Å². The number of benzene rings is 1. The summed E-state index contributed by atoms with van der Waals surface area (Å²) in [6.07, 6.45) is 4.97. The molecule has 1 fully saturated rings. The molecule has 15 heavy (non-hydrogen) atoms. The maximum atomic E-state index is 9.45. The Morgan fingerprint density at radius 1 is 1.27 bits per heavy atom. The molecule has 1 atom stereocenters. The first-order valence-corrected chi connectivity index (χ1v) is 5.71. The van der Waals surface area contributed by atoms with E-state index in [0.717, 1.165) is 5.56 Å². The van der Waals surface area contributed by atoms with E-state index >= 15 is 0 Å². The molecule has 1 aromatic rings. The number of aliphatic hydroxyl groups excluding tert-OH is 1. The lowest BCUT2D eigenvalue weighted by Crippen LogP contribution is -2.13. The highest BCUT2D eigenvalue weighted by atomic mass is 16.3. The van der Waals surface area contributed by atoms with E-state index in [2.05, 4.69) is 0 Å². The van der Waals surface area contributed by atoms with E-state index in [1.165, 1.54) is 25.7 Å². The molecule has 2 nitrogen and oxygen atoms in total. The third kappa shape index (κ3) is 2.32. The summed E-state index contributed by atoms with van der Waals surface area (Å²) in [6, 6.07) is 7.30. The largest absolute Gasteiger partial charge is 0.508 e. The second-order valence-corrected chi connectivity index (χ2v) is 4.43. The number of aromatic hydroxyl groups is 1. The molecule has 1 aliphatic rings. The van der Waals surface area contributed by atoms with Gasteiger partial charge in [0.15, 0.2) is 0 Å². The lowest BCUT2D eigenvalue weighted by Gasteiger charge is -2.21. The van der Waals surface area contributed by atoms with Crippen LogP contribution in [0.3, 0.4) is 0 Å². The van der Waals surface area contributed by atoms with Gasteiger partial charge in [-0.05, 0) is 36.5 Å². The van der Waals surface area contributed by atoms with Crippen LogP contribution in [-0.4, -0.2) is 16.8 Å². The quantitative estimate of drug-likeness (QED) is 0.798. The average molecular weight is 206 g/mol. The number of hydrogen-bond donors (Lipinski definition) is 2. The van der Waals surface area contributed by atoms with Crippen molar-refractivity contribution in [1.82, 2.24) is 0 Å². The van der Waals surface area contributed by atoms with Crippen molar-refractivity contribution in [2.75, 3.05) is 6.61 Å². The zero-order valence-corrected chi connectivity index (χ0v) is 8.89. The van der Waals surface area contributed by atoms with E-state index in [4.69, 9.17) is 0 Å². The summed E-state index contributed by atoms with van der Waals surface area (Å²) in [5.74, 6) is 1.10. The van der Waals surface area contributed by atoms with Crippen molar-refractivity contribution >= 4 is 0 Å². The maximum absolute atomic E-state index is 9.45. The molecule has 0 heterocycles. The van der Waals surface area contributed by atoms with Gasteiger partial charge >= 0.3 is 0 Å². The topological polar surface area (TPSA) is 40.5 Å². The van der Waals surface area contributed by atoms with Crippen molar-refractivity contribution < 1.29 is 10.2 Å². The molecule has 2 rings (SSSR count). The van der Waals surface area contributed by atoms with Gasteiger partial charge in [0.1, 0.15) is 5.75 Å². The zero-order valence-electron chi connectivity index (χ0n) is 8.89. The Kier molecular flexibility index (Phi) is 3.27. The van der Waals surface area contributed by atoms with Crippen LogP contribution in [0.25, 0.3) is 0 Å². The Labute approximate surface area is 90.6 Å². The highest BCUT2D eigenvalue weighted by molar-refractivity contribution is 5.30. The molecule has 0 radical (unpaired) electrons. The van der Waals surface area contributed by atoms with Crippen molar-refractivity contribution in [2.24, 2.45) is 5.92 Å². The Morgan fingerprint density at radius 2 is 2.00 bits per heavy atom. The molecule has 0 spiro atoms. The number of rotatable bonds is 3. The summed E-state index contributed by atoms with van der Waals surface area (Å²) in [7, 11) is 0. The SMILES string of the molecule is OCC(c1cccc(O)c1)C1CCCC1. The average Bonchev–Trinajstić information content (AvgIpc) is 2.72. The summed E-state index contributed by atoms with van der Waals surface area (Å²) in [4.78, 5) is 0. The van der Waals surface area contributed by atoms with E-state index < -0.39 is 0 Å². The predicted octanol–water partition coefficient (Wildman–Crippen LogP) is 2.66. The molecule has 1 unspecified atom stereocenters. The first-order valence-electron chi connectivity index (χ1n) is 5.71. The summed E-state index contributed by atoms with van der Waals surface area (Å²) in [6.45, 7) is 0.189.